The molecule has 1 aliphatic heterocycles. The molecular formula is C18H30N2O. The van der Waals surface area contributed by atoms with Crippen LogP contribution in [0.5, 0.6) is 0 Å². The van der Waals surface area contributed by atoms with E-state index in [9.17, 15) is 5.11 Å². The smallest absolute Gasteiger partial charge is 0.0589 e. The molecule has 0 bridgehead atoms. The van der Waals surface area contributed by atoms with Gasteiger partial charge in [-0.3, -0.25) is 4.90 Å². The Morgan fingerprint density at radius 2 is 2.05 bits per heavy atom. The summed E-state index contributed by atoms with van der Waals surface area (Å²) in [7, 11) is 0. The average Bonchev–Trinajstić information content (AvgIpc) is 2.84. The highest BCUT2D eigenvalue weighted by molar-refractivity contribution is 5.24. The van der Waals surface area contributed by atoms with Crippen LogP contribution in [0.2, 0.25) is 0 Å². The summed E-state index contributed by atoms with van der Waals surface area (Å²) >= 11 is 0. The van der Waals surface area contributed by atoms with E-state index in [0.29, 0.717) is 18.0 Å². The Morgan fingerprint density at radius 1 is 1.33 bits per heavy atom. The topological polar surface area (TPSA) is 35.5 Å². The van der Waals surface area contributed by atoms with Crippen LogP contribution >= 0.6 is 0 Å². The zero-order chi connectivity index (χ0) is 15.2. The zero-order valence-corrected chi connectivity index (χ0v) is 13.7. The van der Waals surface area contributed by atoms with Gasteiger partial charge in [0.25, 0.3) is 0 Å². The van der Waals surface area contributed by atoms with Gasteiger partial charge in [0, 0.05) is 18.6 Å². The molecule has 1 saturated heterocycles. The van der Waals surface area contributed by atoms with Crippen molar-refractivity contribution in [3.05, 3.63) is 35.4 Å². The molecule has 118 valence electrons. The minimum Gasteiger partial charge on any atom is -0.395 e. The molecule has 1 aromatic carbocycles. The van der Waals surface area contributed by atoms with Gasteiger partial charge in [0.15, 0.2) is 0 Å². The van der Waals surface area contributed by atoms with Crippen molar-refractivity contribution in [1.29, 1.82) is 0 Å². The number of aliphatic hydroxyl groups is 1. The Bertz CT molecular complexity index is 418. The summed E-state index contributed by atoms with van der Waals surface area (Å²) in [6.45, 7) is 10.00. The van der Waals surface area contributed by atoms with Gasteiger partial charge in [-0.25, -0.2) is 0 Å². The molecule has 1 fully saturated rings. The number of likely N-dealkylation sites (tertiary alicyclic amines) is 1. The number of nitrogens with zero attached hydrogens (tertiary/aromatic N) is 1. The number of rotatable bonds is 7. The first-order valence-electron chi connectivity index (χ1n) is 8.30. The molecule has 1 aliphatic rings. The monoisotopic (exact) mass is 290 g/mol. The van der Waals surface area contributed by atoms with E-state index in [2.05, 4.69) is 55.3 Å². The van der Waals surface area contributed by atoms with Crippen LogP contribution in [0.4, 0.5) is 0 Å². The first kappa shape index (κ1) is 16.5. The van der Waals surface area contributed by atoms with Crippen LogP contribution in [-0.4, -0.2) is 42.3 Å². The van der Waals surface area contributed by atoms with Crippen molar-refractivity contribution in [2.75, 3.05) is 26.2 Å². The number of hydrogen-bond donors (Lipinski definition) is 2. The SMILES string of the molecule is CCNC(CCN1CCC(C)C1CO)c1ccc(C)cc1. The van der Waals surface area contributed by atoms with E-state index < -0.39 is 0 Å². The van der Waals surface area contributed by atoms with Crippen molar-refractivity contribution in [2.24, 2.45) is 5.92 Å². The summed E-state index contributed by atoms with van der Waals surface area (Å²) < 4.78 is 0. The quantitative estimate of drug-likeness (QED) is 0.810. The second-order valence-corrected chi connectivity index (χ2v) is 6.36. The predicted octanol–water partition coefficient (Wildman–Crippen LogP) is 2.74. The minimum absolute atomic E-state index is 0.289. The van der Waals surface area contributed by atoms with E-state index >= 15 is 0 Å². The molecule has 3 atom stereocenters. The molecule has 0 aliphatic carbocycles. The highest BCUT2D eigenvalue weighted by Gasteiger charge is 2.30. The van der Waals surface area contributed by atoms with Gasteiger partial charge in [-0.15, -0.1) is 0 Å². The Hall–Kier alpha value is -0.900. The maximum absolute atomic E-state index is 9.57. The van der Waals surface area contributed by atoms with Gasteiger partial charge in [0.05, 0.1) is 6.61 Å². The Kier molecular flexibility index (Phi) is 6.22. The highest BCUT2D eigenvalue weighted by Crippen LogP contribution is 2.25. The van der Waals surface area contributed by atoms with Crippen molar-refractivity contribution in [3.8, 4) is 0 Å². The fourth-order valence-electron chi connectivity index (χ4n) is 3.39. The molecule has 0 radical (unpaired) electrons. The third kappa shape index (κ3) is 4.29. The summed E-state index contributed by atoms with van der Waals surface area (Å²) in [6.07, 6.45) is 2.31. The van der Waals surface area contributed by atoms with E-state index in [-0.39, 0.29) is 6.61 Å². The van der Waals surface area contributed by atoms with Crippen molar-refractivity contribution in [2.45, 2.75) is 45.7 Å². The molecular weight excluding hydrogens is 260 g/mol. The second-order valence-electron chi connectivity index (χ2n) is 6.36. The lowest BCUT2D eigenvalue weighted by molar-refractivity contribution is 0.135. The van der Waals surface area contributed by atoms with E-state index in [4.69, 9.17) is 0 Å². The molecule has 0 aromatic heterocycles. The molecule has 2 rings (SSSR count). The summed E-state index contributed by atoms with van der Waals surface area (Å²) in [5, 5.41) is 13.2. The van der Waals surface area contributed by atoms with E-state index in [1.54, 1.807) is 0 Å². The Labute approximate surface area is 129 Å². The third-order valence-electron chi connectivity index (χ3n) is 4.82. The lowest BCUT2D eigenvalue weighted by atomic mass is 10.0. The summed E-state index contributed by atoms with van der Waals surface area (Å²) in [5.74, 6) is 0.618. The van der Waals surface area contributed by atoms with E-state index in [0.717, 1.165) is 26.1 Å². The van der Waals surface area contributed by atoms with Gasteiger partial charge in [-0.05, 0) is 44.3 Å². The fraction of sp³-hybridized carbons (Fsp3) is 0.667. The molecule has 2 N–H and O–H groups in total. The first-order chi connectivity index (χ1) is 10.2. The second kappa shape index (κ2) is 7.92. The average molecular weight is 290 g/mol. The van der Waals surface area contributed by atoms with E-state index in [1.807, 2.05) is 0 Å². The summed E-state index contributed by atoms with van der Waals surface area (Å²) in [4.78, 5) is 2.46. The zero-order valence-electron chi connectivity index (χ0n) is 13.7. The van der Waals surface area contributed by atoms with Crippen LogP contribution < -0.4 is 5.32 Å². The molecule has 3 heteroatoms. The summed E-state index contributed by atoms with van der Waals surface area (Å²) in [5.41, 5.74) is 2.68. The minimum atomic E-state index is 0.289. The molecule has 3 unspecified atom stereocenters. The third-order valence-corrected chi connectivity index (χ3v) is 4.82. The molecule has 3 nitrogen and oxygen atoms in total. The predicted molar refractivity (Wildman–Crippen MR) is 88.4 cm³/mol. The lowest BCUT2D eigenvalue weighted by Crippen LogP contribution is -2.37. The van der Waals surface area contributed by atoms with Crippen molar-refractivity contribution >= 4 is 0 Å². The normalized spacial score (nSPS) is 24.4. The number of aryl methyl sites for hydroxylation is 1. The highest BCUT2D eigenvalue weighted by atomic mass is 16.3. The van der Waals surface area contributed by atoms with Crippen LogP contribution in [-0.2, 0) is 0 Å². The molecule has 0 spiro atoms. The van der Waals surface area contributed by atoms with Gasteiger partial charge in [-0.1, -0.05) is 43.7 Å². The molecule has 0 saturated carbocycles. The lowest BCUT2D eigenvalue weighted by Gasteiger charge is -2.27. The molecule has 21 heavy (non-hydrogen) atoms. The van der Waals surface area contributed by atoms with Crippen LogP contribution in [0.1, 0.15) is 43.9 Å². The fourth-order valence-corrected chi connectivity index (χ4v) is 3.39. The Balaban J connectivity index is 1.95. The number of aliphatic hydroxyl groups excluding tert-OH is 1. The van der Waals surface area contributed by atoms with Crippen LogP contribution in [0, 0.1) is 12.8 Å². The van der Waals surface area contributed by atoms with Gasteiger partial charge < -0.3 is 10.4 Å². The molecule has 1 heterocycles. The van der Waals surface area contributed by atoms with Crippen LogP contribution in [0.15, 0.2) is 24.3 Å². The van der Waals surface area contributed by atoms with Crippen molar-refractivity contribution < 1.29 is 5.11 Å². The number of nitrogens with one attached hydrogen (secondary N) is 1. The van der Waals surface area contributed by atoms with Crippen LogP contribution in [0.3, 0.4) is 0 Å². The summed E-state index contributed by atoms with van der Waals surface area (Å²) in [6, 6.07) is 9.61. The van der Waals surface area contributed by atoms with Gasteiger partial charge in [-0.2, -0.15) is 0 Å². The van der Waals surface area contributed by atoms with Crippen molar-refractivity contribution in [1.82, 2.24) is 10.2 Å². The van der Waals surface area contributed by atoms with E-state index in [1.165, 1.54) is 17.5 Å². The number of benzene rings is 1. The standard InChI is InChI=1S/C18H30N2O/c1-4-19-17(16-7-5-14(2)6-8-16)10-12-20-11-9-15(3)18(20)13-21/h5-8,15,17-19,21H,4,9-13H2,1-3H3. The first-order valence-corrected chi connectivity index (χ1v) is 8.30. The Morgan fingerprint density at radius 3 is 2.67 bits per heavy atom. The van der Waals surface area contributed by atoms with Crippen molar-refractivity contribution in [3.63, 3.8) is 0 Å². The van der Waals surface area contributed by atoms with Gasteiger partial charge in [0.1, 0.15) is 0 Å². The largest absolute Gasteiger partial charge is 0.395 e. The molecule has 0 amide bonds. The maximum Gasteiger partial charge on any atom is 0.0589 e. The molecule has 1 aromatic rings. The maximum atomic E-state index is 9.57. The van der Waals surface area contributed by atoms with Crippen LogP contribution in [0.25, 0.3) is 0 Å². The van der Waals surface area contributed by atoms with Gasteiger partial charge in [0.2, 0.25) is 0 Å². The number of hydrogen-bond acceptors (Lipinski definition) is 3. The van der Waals surface area contributed by atoms with Gasteiger partial charge >= 0.3 is 0 Å².